The first-order valence-corrected chi connectivity index (χ1v) is 8.39. The van der Waals surface area contributed by atoms with E-state index in [9.17, 15) is 0 Å². The average Bonchev–Trinajstić information content (AvgIpc) is 3.12. The van der Waals surface area contributed by atoms with E-state index in [0.29, 0.717) is 0 Å². The third kappa shape index (κ3) is 2.51. The van der Waals surface area contributed by atoms with Crippen LogP contribution in [-0.2, 0) is 6.54 Å². The van der Waals surface area contributed by atoms with Gasteiger partial charge in [0.2, 0.25) is 0 Å². The van der Waals surface area contributed by atoms with Crippen molar-refractivity contribution in [1.29, 1.82) is 0 Å². The Kier molecular flexibility index (Phi) is 3.53. The molecule has 2 bridgehead atoms. The van der Waals surface area contributed by atoms with Crippen LogP contribution in [0.3, 0.4) is 0 Å². The van der Waals surface area contributed by atoms with Crippen LogP contribution >= 0.6 is 0 Å². The maximum absolute atomic E-state index is 2.81. The van der Waals surface area contributed by atoms with E-state index in [0.717, 1.165) is 24.4 Å². The molecule has 2 nitrogen and oxygen atoms in total. The van der Waals surface area contributed by atoms with Crippen LogP contribution in [-0.4, -0.2) is 42.0 Å². The molecule has 1 aromatic carbocycles. The van der Waals surface area contributed by atoms with E-state index in [-0.39, 0.29) is 0 Å². The third-order valence-corrected chi connectivity index (χ3v) is 5.83. The number of rotatable bonds is 3. The lowest BCUT2D eigenvalue weighted by Crippen LogP contribution is -2.51. The van der Waals surface area contributed by atoms with Gasteiger partial charge in [0, 0.05) is 38.8 Å². The highest BCUT2D eigenvalue weighted by atomic mass is 15.3. The van der Waals surface area contributed by atoms with Gasteiger partial charge in [-0.3, -0.25) is 9.80 Å². The van der Waals surface area contributed by atoms with Crippen molar-refractivity contribution in [3.8, 4) is 0 Å². The van der Waals surface area contributed by atoms with Crippen molar-refractivity contribution in [3.05, 3.63) is 35.9 Å². The summed E-state index contributed by atoms with van der Waals surface area (Å²) in [5, 5.41) is 0. The predicted octanol–water partition coefficient (Wildman–Crippen LogP) is 2.99. The van der Waals surface area contributed by atoms with Crippen molar-refractivity contribution in [2.24, 2.45) is 11.8 Å². The quantitative estimate of drug-likeness (QED) is 0.833. The first kappa shape index (κ1) is 12.8. The van der Waals surface area contributed by atoms with Crippen LogP contribution < -0.4 is 0 Å². The Morgan fingerprint density at radius 1 is 0.900 bits per heavy atom. The fourth-order valence-corrected chi connectivity index (χ4v) is 4.75. The summed E-state index contributed by atoms with van der Waals surface area (Å²) in [5.74, 6) is 2.12. The normalized spacial score (nSPS) is 34.7. The molecule has 1 heterocycles. The van der Waals surface area contributed by atoms with Crippen LogP contribution in [0.2, 0.25) is 0 Å². The molecule has 108 valence electrons. The average molecular weight is 270 g/mol. The van der Waals surface area contributed by atoms with E-state index in [4.69, 9.17) is 0 Å². The van der Waals surface area contributed by atoms with Crippen LogP contribution in [0.25, 0.3) is 0 Å². The highest BCUT2D eigenvalue weighted by Gasteiger charge is 2.42. The summed E-state index contributed by atoms with van der Waals surface area (Å²) in [7, 11) is 0. The summed E-state index contributed by atoms with van der Waals surface area (Å²) in [6.45, 7) is 6.22. The molecule has 0 amide bonds. The molecule has 2 aliphatic carbocycles. The van der Waals surface area contributed by atoms with Crippen molar-refractivity contribution in [1.82, 2.24) is 9.80 Å². The van der Waals surface area contributed by atoms with Gasteiger partial charge >= 0.3 is 0 Å². The molecule has 3 fully saturated rings. The Morgan fingerprint density at radius 2 is 1.70 bits per heavy atom. The lowest BCUT2D eigenvalue weighted by molar-refractivity contribution is 0.0680. The van der Waals surface area contributed by atoms with Crippen molar-refractivity contribution >= 4 is 0 Å². The summed E-state index contributed by atoms with van der Waals surface area (Å²) in [6.07, 6.45) is 6.08. The SMILES string of the molecule is c1ccc(CN2CCN([C@H]3C[C@H]4CC[C@H]3C4)CC2)cc1. The topological polar surface area (TPSA) is 6.48 Å². The Morgan fingerprint density at radius 3 is 2.35 bits per heavy atom. The third-order valence-electron chi connectivity index (χ3n) is 5.83. The van der Waals surface area contributed by atoms with E-state index in [1.807, 2.05) is 0 Å². The second-order valence-electron chi connectivity index (χ2n) is 7.04. The molecule has 0 spiro atoms. The van der Waals surface area contributed by atoms with E-state index in [1.54, 1.807) is 0 Å². The molecule has 1 saturated heterocycles. The minimum Gasteiger partial charge on any atom is -0.298 e. The van der Waals surface area contributed by atoms with Gasteiger partial charge in [0.1, 0.15) is 0 Å². The van der Waals surface area contributed by atoms with Crippen molar-refractivity contribution in [3.63, 3.8) is 0 Å². The van der Waals surface area contributed by atoms with Crippen LogP contribution in [0, 0.1) is 11.8 Å². The molecule has 4 rings (SSSR count). The molecule has 1 aromatic rings. The zero-order valence-electron chi connectivity index (χ0n) is 12.4. The molecule has 3 aliphatic rings. The van der Waals surface area contributed by atoms with Crippen LogP contribution in [0.15, 0.2) is 30.3 Å². The van der Waals surface area contributed by atoms with Gasteiger partial charge in [-0.05, 0) is 36.7 Å². The molecule has 1 aliphatic heterocycles. The lowest BCUT2D eigenvalue weighted by Gasteiger charge is -2.41. The number of fused-ring (bicyclic) bond motifs is 2. The largest absolute Gasteiger partial charge is 0.298 e. The maximum atomic E-state index is 2.81. The van der Waals surface area contributed by atoms with Gasteiger partial charge in [-0.15, -0.1) is 0 Å². The minimum atomic E-state index is 0.938. The second kappa shape index (κ2) is 5.50. The van der Waals surface area contributed by atoms with Gasteiger partial charge in [-0.2, -0.15) is 0 Å². The zero-order valence-corrected chi connectivity index (χ0v) is 12.4. The van der Waals surface area contributed by atoms with Gasteiger partial charge in [-0.25, -0.2) is 0 Å². The molecule has 20 heavy (non-hydrogen) atoms. The fourth-order valence-electron chi connectivity index (χ4n) is 4.75. The lowest BCUT2D eigenvalue weighted by atomic mass is 9.93. The van der Waals surface area contributed by atoms with E-state index in [1.165, 1.54) is 57.4 Å². The Balaban J connectivity index is 1.30. The first-order chi connectivity index (χ1) is 9.88. The molecule has 3 atom stereocenters. The first-order valence-electron chi connectivity index (χ1n) is 8.39. The van der Waals surface area contributed by atoms with Crippen LogP contribution in [0.1, 0.15) is 31.2 Å². The van der Waals surface area contributed by atoms with Gasteiger partial charge < -0.3 is 0 Å². The Hall–Kier alpha value is -0.860. The summed E-state index contributed by atoms with van der Waals surface area (Å²) in [6, 6.07) is 11.9. The number of hydrogen-bond donors (Lipinski definition) is 0. The Bertz CT molecular complexity index is 436. The summed E-state index contributed by atoms with van der Waals surface area (Å²) < 4.78 is 0. The number of piperazine rings is 1. The van der Waals surface area contributed by atoms with E-state index in [2.05, 4.69) is 40.1 Å². The smallest absolute Gasteiger partial charge is 0.0234 e. The summed E-state index contributed by atoms with van der Waals surface area (Å²) in [5.41, 5.74) is 1.46. The highest BCUT2D eigenvalue weighted by Crippen LogP contribution is 2.46. The van der Waals surface area contributed by atoms with Crippen molar-refractivity contribution in [2.45, 2.75) is 38.3 Å². The predicted molar refractivity (Wildman–Crippen MR) is 82.5 cm³/mol. The van der Waals surface area contributed by atoms with Crippen LogP contribution in [0.5, 0.6) is 0 Å². The minimum absolute atomic E-state index is 0.938. The van der Waals surface area contributed by atoms with Gasteiger partial charge in [0.15, 0.2) is 0 Å². The molecule has 0 N–H and O–H groups in total. The fraction of sp³-hybridized carbons (Fsp3) is 0.667. The van der Waals surface area contributed by atoms with Gasteiger partial charge in [0.25, 0.3) is 0 Å². The maximum Gasteiger partial charge on any atom is 0.0234 e. The second-order valence-corrected chi connectivity index (χ2v) is 7.04. The summed E-state index contributed by atoms with van der Waals surface area (Å²) in [4.78, 5) is 5.43. The molecular formula is C18H26N2. The van der Waals surface area contributed by atoms with E-state index >= 15 is 0 Å². The molecular weight excluding hydrogens is 244 g/mol. The molecule has 0 aromatic heterocycles. The molecule has 0 unspecified atom stereocenters. The van der Waals surface area contributed by atoms with Gasteiger partial charge in [0.05, 0.1) is 0 Å². The molecule has 0 radical (unpaired) electrons. The summed E-state index contributed by atoms with van der Waals surface area (Å²) >= 11 is 0. The zero-order chi connectivity index (χ0) is 13.4. The van der Waals surface area contributed by atoms with Crippen LogP contribution in [0.4, 0.5) is 0 Å². The Labute approximate surface area is 122 Å². The standard InChI is InChI=1S/C18H26N2/c1-2-4-15(5-3-1)14-19-8-10-20(11-9-19)18-13-16-6-7-17(18)12-16/h1-5,16-18H,6-14H2/t16-,17-,18-/m0/s1. The number of hydrogen-bond acceptors (Lipinski definition) is 2. The molecule has 2 heteroatoms. The highest BCUT2D eigenvalue weighted by molar-refractivity contribution is 5.14. The van der Waals surface area contributed by atoms with E-state index < -0.39 is 0 Å². The molecule has 2 saturated carbocycles. The number of nitrogens with zero attached hydrogens (tertiary/aromatic N) is 2. The van der Waals surface area contributed by atoms with Gasteiger partial charge in [-0.1, -0.05) is 36.8 Å². The number of benzene rings is 1. The van der Waals surface area contributed by atoms with Crippen molar-refractivity contribution < 1.29 is 0 Å². The monoisotopic (exact) mass is 270 g/mol. The van der Waals surface area contributed by atoms with Crippen molar-refractivity contribution in [2.75, 3.05) is 26.2 Å².